The van der Waals surface area contributed by atoms with Crippen LogP contribution in [0.25, 0.3) is 0 Å². The summed E-state index contributed by atoms with van der Waals surface area (Å²) in [5, 5.41) is 0. The molecule has 0 spiro atoms. The first-order valence-electron chi connectivity index (χ1n) is 6.07. The van der Waals surface area contributed by atoms with Crippen molar-refractivity contribution in [2.75, 3.05) is 11.5 Å². The molecule has 96 valence electrons. The van der Waals surface area contributed by atoms with Gasteiger partial charge < -0.3 is 5.73 Å². The molecule has 0 heterocycles. The normalized spacial score (nSPS) is 11.6. The van der Waals surface area contributed by atoms with Crippen molar-refractivity contribution in [3.63, 3.8) is 0 Å². The van der Waals surface area contributed by atoms with Gasteiger partial charge in [-0.15, -0.1) is 0 Å². The number of nitrogen functional groups attached to an aromatic ring is 1. The lowest BCUT2D eigenvalue weighted by molar-refractivity contribution is 0.588. The Hall–Kier alpha value is -1.03. The van der Waals surface area contributed by atoms with Crippen LogP contribution in [-0.4, -0.2) is 14.2 Å². The molecule has 0 amide bonds. The zero-order valence-electron chi connectivity index (χ0n) is 10.6. The average molecular weight is 255 g/mol. The molecule has 0 aromatic heterocycles. The standard InChI is InChI=1S/C13H21NO2S/c1-3-4-5-6-10-17(15,16)13-9-7-8-12(14)11(13)2/h7-9H,3-6,10,14H2,1-2H3. The van der Waals surface area contributed by atoms with Crippen molar-refractivity contribution in [3.8, 4) is 0 Å². The fourth-order valence-electron chi connectivity index (χ4n) is 1.80. The predicted octanol–water partition coefficient (Wildman–Crippen LogP) is 2.93. The van der Waals surface area contributed by atoms with E-state index in [2.05, 4.69) is 6.92 Å². The Morgan fingerprint density at radius 3 is 2.53 bits per heavy atom. The molecule has 0 radical (unpaired) electrons. The molecule has 3 nitrogen and oxygen atoms in total. The van der Waals surface area contributed by atoms with Crippen molar-refractivity contribution in [1.82, 2.24) is 0 Å². The second-order valence-electron chi connectivity index (χ2n) is 4.35. The van der Waals surface area contributed by atoms with Crippen LogP contribution in [0.5, 0.6) is 0 Å². The lowest BCUT2D eigenvalue weighted by Gasteiger charge is -2.09. The molecular formula is C13H21NO2S. The maximum atomic E-state index is 12.1. The Bertz CT molecular complexity index is 466. The number of hydrogen-bond acceptors (Lipinski definition) is 3. The van der Waals surface area contributed by atoms with Gasteiger partial charge in [0, 0.05) is 5.69 Å². The topological polar surface area (TPSA) is 60.2 Å². The first-order chi connectivity index (χ1) is 7.99. The number of anilines is 1. The second-order valence-corrected chi connectivity index (χ2v) is 6.43. The van der Waals surface area contributed by atoms with Crippen LogP contribution in [0.1, 0.15) is 38.2 Å². The van der Waals surface area contributed by atoms with Gasteiger partial charge in [-0.1, -0.05) is 32.3 Å². The van der Waals surface area contributed by atoms with E-state index >= 15 is 0 Å². The van der Waals surface area contributed by atoms with Gasteiger partial charge >= 0.3 is 0 Å². The molecule has 0 aliphatic carbocycles. The number of benzene rings is 1. The SMILES string of the molecule is CCCCCCS(=O)(=O)c1cccc(N)c1C. The molecule has 2 N–H and O–H groups in total. The Morgan fingerprint density at radius 2 is 1.88 bits per heavy atom. The van der Waals surface area contributed by atoms with Gasteiger partial charge in [-0.2, -0.15) is 0 Å². The predicted molar refractivity (Wildman–Crippen MR) is 71.8 cm³/mol. The van der Waals surface area contributed by atoms with Gasteiger partial charge in [-0.25, -0.2) is 8.42 Å². The Labute approximate surface area is 104 Å². The fourth-order valence-corrected chi connectivity index (χ4v) is 3.47. The van der Waals surface area contributed by atoms with E-state index in [0.29, 0.717) is 16.1 Å². The van der Waals surface area contributed by atoms with Gasteiger partial charge in [-0.05, 0) is 31.0 Å². The lowest BCUT2D eigenvalue weighted by atomic mass is 10.2. The molecular weight excluding hydrogens is 234 g/mol. The Kier molecular flexibility index (Phi) is 5.00. The van der Waals surface area contributed by atoms with E-state index in [0.717, 1.165) is 25.7 Å². The van der Waals surface area contributed by atoms with Gasteiger partial charge in [-0.3, -0.25) is 0 Å². The van der Waals surface area contributed by atoms with E-state index in [1.165, 1.54) is 0 Å². The first-order valence-corrected chi connectivity index (χ1v) is 7.72. The van der Waals surface area contributed by atoms with Crippen LogP contribution in [0.15, 0.2) is 23.1 Å². The largest absolute Gasteiger partial charge is 0.398 e. The molecule has 0 unspecified atom stereocenters. The smallest absolute Gasteiger partial charge is 0.178 e. The molecule has 1 rings (SSSR count). The van der Waals surface area contributed by atoms with E-state index in [1.54, 1.807) is 25.1 Å². The van der Waals surface area contributed by atoms with E-state index in [-0.39, 0.29) is 5.75 Å². The summed E-state index contributed by atoms with van der Waals surface area (Å²) in [4.78, 5) is 0.383. The van der Waals surface area contributed by atoms with Crippen LogP contribution in [0.2, 0.25) is 0 Å². The maximum absolute atomic E-state index is 12.1. The molecule has 0 saturated heterocycles. The highest BCUT2D eigenvalue weighted by Gasteiger charge is 2.17. The van der Waals surface area contributed by atoms with E-state index < -0.39 is 9.84 Å². The van der Waals surface area contributed by atoms with Crippen molar-refractivity contribution >= 4 is 15.5 Å². The zero-order chi connectivity index (χ0) is 12.9. The summed E-state index contributed by atoms with van der Waals surface area (Å²) in [5.74, 6) is 0.220. The molecule has 0 aliphatic heterocycles. The lowest BCUT2D eigenvalue weighted by Crippen LogP contribution is -2.09. The van der Waals surface area contributed by atoms with Gasteiger partial charge in [0.05, 0.1) is 10.6 Å². The van der Waals surface area contributed by atoms with Crippen molar-refractivity contribution in [3.05, 3.63) is 23.8 Å². The van der Waals surface area contributed by atoms with Gasteiger partial charge in [0.1, 0.15) is 0 Å². The van der Waals surface area contributed by atoms with Crippen molar-refractivity contribution in [2.24, 2.45) is 0 Å². The first kappa shape index (κ1) is 14.0. The number of hydrogen-bond donors (Lipinski definition) is 1. The van der Waals surface area contributed by atoms with Crippen molar-refractivity contribution < 1.29 is 8.42 Å². The van der Waals surface area contributed by atoms with Crippen molar-refractivity contribution in [2.45, 2.75) is 44.4 Å². The average Bonchev–Trinajstić information content (AvgIpc) is 2.28. The summed E-state index contributed by atoms with van der Waals surface area (Å²) in [7, 11) is -3.17. The molecule has 0 aliphatic rings. The summed E-state index contributed by atoms with van der Waals surface area (Å²) in [6.07, 6.45) is 3.89. The van der Waals surface area contributed by atoms with Crippen molar-refractivity contribution in [1.29, 1.82) is 0 Å². The molecule has 0 fully saturated rings. The number of rotatable bonds is 6. The number of unbranched alkanes of at least 4 members (excludes halogenated alkanes) is 3. The van der Waals surface area contributed by atoms with Crippen LogP contribution in [-0.2, 0) is 9.84 Å². The second kappa shape index (κ2) is 6.05. The minimum Gasteiger partial charge on any atom is -0.398 e. The van der Waals surface area contributed by atoms with E-state index in [4.69, 9.17) is 5.73 Å². The minimum absolute atomic E-state index is 0.220. The Morgan fingerprint density at radius 1 is 1.18 bits per heavy atom. The monoisotopic (exact) mass is 255 g/mol. The van der Waals surface area contributed by atoms with Gasteiger partial charge in [0.2, 0.25) is 0 Å². The van der Waals surface area contributed by atoms with Crippen LogP contribution in [0.3, 0.4) is 0 Å². The summed E-state index contributed by atoms with van der Waals surface area (Å²) in [5.41, 5.74) is 6.94. The van der Waals surface area contributed by atoms with Gasteiger partial charge in [0.15, 0.2) is 9.84 Å². The molecule has 4 heteroatoms. The quantitative estimate of drug-likeness (QED) is 0.628. The number of nitrogens with two attached hydrogens (primary N) is 1. The molecule has 17 heavy (non-hydrogen) atoms. The van der Waals surface area contributed by atoms with E-state index in [9.17, 15) is 8.42 Å². The van der Waals surface area contributed by atoms with Gasteiger partial charge in [0.25, 0.3) is 0 Å². The maximum Gasteiger partial charge on any atom is 0.178 e. The van der Waals surface area contributed by atoms with Crippen LogP contribution < -0.4 is 5.73 Å². The molecule has 1 aromatic rings. The summed E-state index contributed by atoms with van der Waals surface area (Å²) in [6, 6.07) is 5.06. The summed E-state index contributed by atoms with van der Waals surface area (Å²) >= 11 is 0. The fraction of sp³-hybridized carbons (Fsp3) is 0.538. The van der Waals surface area contributed by atoms with Crippen LogP contribution >= 0.6 is 0 Å². The third-order valence-electron chi connectivity index (χ3n) is 2.93. The number of sulfone groups is 1. The van der Waals surface area contributed by atoms with E-state index in [1.807, 2.05) is 0 Å². The van der Waals surface area contributed by atoms with Crippen LogP contribution in [0.4, 0.5) is 5.69 Å². The third-order valence-corrected chi connectivity index (χ3v) is 4.87. The molecule has 0 saturated carbocycles. The highest BCUT2D eigenvalue weighted by Crippen LogP contribution is 2.22. The summed E-state index contributed by atoms with van der Waals surface area (Å²) < 4.78 is 24.2. The Balaban J connectivity index is 2.79. The highest BCUT2D eigenvalue weighted by atomic mass is 32.2. The molecule has 1 aromatic carbocycles. The summed E-state index contributed by atoms with van der Waals surface area (Å²) in [6.45, 7) is 3.87. The highest BCUT2D eigenvalue weighted by molar-refractivity contribution is 7.91. The molecule has 0 bridgehead atoms. The minimum atomic E-state index is -3.17. The molecule has 0 atom stereocenters. The third kappa shape index (κ3) is 3.73. The zero-order valence-corrected chi connectivity index (χ0v) is 11.4. The van der Waals surface area contributed by atoms with Crippen LogP contribution in [0, 0.1) is 6.92 Å².